The van der Waals surface area contributed by atoms with Crippen molar-refractivity contribution >= 4 is 46.7 Å². The summed E-state index contributed by atoms with van der Waals surface area (Å²) in [6, 6.07) is 11.0. The predicted molar refractivity (Wildman–Crippen MR) is 111 cm³/mol. The second kappa shape index (κ2) is 9.55. The Balaban J connectivity index is 0.00000169. The van der Waals surface area contributed by atoms with E-state index in [0.29, 0.717) is 30.3 Å². The monoisotopic (exact) mass is 461 g/mol. The Morgan fingerprint density at radius 1 is 1.35 bits per heavy atom. The molecule has 1 aromatic carbocycles. The van der Waals surface area contributed by atoms with Gasteiger partial charge >= 0.3 is 0 Å². The van der Waals surface area contributed by atoms with Gasteiger partial charge in [0, 0.05) is 29.8 Å². The highest BCUT2D eigenvalue weighted by atomic mass is 79.9. The number of hydrogen-bond acceptors (Lipinski definition) is 4. The molecule has 0 aliphatic carbocycles. The zero-order valence-corrected chi connectivity index (χ0v) is 17.6. The highest BCUT2D eigenvalue weighted by Crippen LogP contribution is 2.29. The fourth-order valence-electron chi connectivity index (χ4n) is 2.76. The lowest BCUT2D eigenvalue weighted by Crippen LogP contribution is -2.34. The number of likely N-dealkylation sites (tertiary alicyclic amines) is 1. The number of carbonyl (C=O) groups excluding carboxylic acids is 1. The van der Waals surface area contributed by atoms with Crippen molar-refractivity contribution in [3.05, 3.63) is 52.6 Å². The summed E-state index contributed by atoms with van der Waals surface area (Å²) in [6.45, 7) is 4.14. The van der Waals surface area contributed by atoms with Crippen LogP contribution in [0.15, 0.2) is 47.1 Å². The molecule has 5 nitrogen and oxygen atoms in total. The first-order valence-corrected chi connectivity index (χ1v) is 8.67. The molecule has 0 saturated carbocycles. The minimum atomic E-state index is -0.00585. The summed E-state index contributed by atoms with van der Waals surface area (Å²) in [6.07, 6.45) is 2.50. The number of halogens is 3. The molecule has 1 saturated heterocycles. The fraction of sp³-hybridized carbons (Fsp3) is 0.333. The highest BCUT2D eigenvalue weighted by molar-refractivity contribution is 9.10. The van der Waals surface area contributed by atoms with Crippen molar-refractivity contribution in [1.82, 2.24) is 9.88 Å². The molecule has 8 heteroatoms. The smallest absolute Gasteiger partial charge is 0.255 e. The molecule has 1 aliphatic heterocycles. The maximum atomic E-state index is 12.6. The van der Waals surface area contributed by atoms with E-state index in [1.54, 1.807) is 18.3 Å². The molecule has 0 spiro atoms. The second-order valence-corrected chi connectivity index (χ2v) is 7.35. The van der Waals surface area contributed by atoms with Crippen molar-refractivity contribution in [1.29, 1.82) is 0 Å². The van der Waals surface area contributed by atoms with E-state index in [1.165, 1.54) is 0 Å². The third-order valence-corrected chi connectivity index (χ3v) is 4.83. The molecule has 142 valence electrons. The van der Waals surface area contributed by atoms with Crippen LogP contribution in [-0.2, 0) is 0 Å². The van der Waals surface area contributed by atoms with Gasteiger partial charge in [-0.1, -0.05) is 28.9 Å². The lowest BCUT2D eigenvalue weighted by Gasteiger charge is -2.22. The molecule has 1 fully saturated rings. The van der Waals surface area contributed by atoms with Gasteiger partial charge in [0.1, 0.15) is 5.75 Å². The third-order valence-electron chi connectivity index (χ3n) is 4.34. The number of nitrogens with zero attached hydrogens (tertiary/aromatic N) is 2. The third kappa shape index (κ3) is 5.33. The van der Waals surface area contributed by atoms with E-state index in [1.807, 2.05) is 29.2 Å². The van der Waals surface area contributed by atoms with Crippen molar-refractivity contribution in [2.75, 3.05) is 19.6 Å². The number of carbonyl (C=O) groups is 1. The van der Waals surface area contributed by atoms with Gasteiger partial charge in [0.15, 0.2) is 0 Å². The average molecular weight is 463 g/mol. The average Bonchev–Trinajstić information content (AvgIpc) is 2.98. The summed E-state index contributed by atoms with van der Waals surface area (Å²) in [5.74, 6) is 1.14. The van der Waals surface area contributed by atoms with E-state index >= 15 is 0 Å². The first-order valence-electron chi connectivity index (χ1n) is 7.88. The van der Waals surface area contributed by atoms with Crippen molar-refractivity contribution < 1.29 is 9.53 Å². The number of rotatable bonds is 4. The number of ether oxygens (including phenoxy) is 1. The van der Waals surface area contributed by atoms with Gasteiger partial charge in [-0.15, -0.1) is 24.8 Å². The Labute approximate surface area is 174 Å². The predicted octanol–water partition coefficient (Wildman–Crippen LogP) is 4.29. The number of amides is 1. The van der Waals surface area contributed by atoms with Crippen LogP contribution in [-0.4, -0.2) is 35.4 Å². The maximum absolute atomic E-state index is 12.6. The topological polar surface area (TPSA) is 68.5 Å². The first kappa shape index (κ1) is 22.7. The molecule has 0 bridgehead atoms. The molecule has 2 N–H and O–H groups in total. The van der Waals surface area contributed by atoms with E-state index in [9.17, 15) is 4.79 Å². The molecule has 0 radical (unpaired) electrons. The molecule has 26 heavy (non-hydrogen) atoms. The van der Waals surface area contributed by atoms with Crippen LogP contribution in [0.25, 0.3) is 0 Å². The SMILES string of the molecule is CC1(CN)CCN(C(=O)c2ccc(Oc3cccc(Br)c3)nc2)C1.Cl.Cl. The molecule has 2 aromatic rings. The Morgan fingerprint density at radius 2 is 2.12 bits per heavy atom. The number of aromatic nitrogens is 1. The van der Waals surface area contributed by atoms with Crippen molar-refractivity contribution in [3.8, 4) is 11.6 Å². The van der Waals surface area contributed by atoms with Crippen LogP contribution < -0.4 is 10.5 Å². The quantitative estimate of drug-likeness (QED) is 0.735. The highest BCUT2D eigenvalue weighted by Gasteiger charge is 2.35. The van der Waals surface area contributed by atoms with Gasteiger partial charge < -0.3 is 15.4 Å². The standard InChI is InChI=1S/C18H20BrN3O2.2ClH/c1-18(11-20)7-8-22(12-18)17(23)13-5-6-16(21-10-13)24-15-4-2-3-14(19)9-15;;/h2-6,9-10H,7-8,11-12,20H2,1H3;2*1H. The first-order chi connectivity index (χ1) is 11.5. The zero-order chi connectivity index (χ0) is 17.2. The van der Waals surface area contributed by atoms with Crippen LogP contribution in [0.4, 0.5) is 0 Å². The number of nitrogens with two attached hydrogens (primary N) is 1. The van der Waals surface area contributed by atoms with E-state index in [-0.39, 0.29) is 36.1 Å². The van der Waals surface area contributed by atoms with Crippen LogP contribution in [0.3, 0.4) is 0 Å². The molecular weight excluding hydrogens is 441 g/mol. The molecule has 1 aromatic heterocycles. The largest absolute Gasteiger partial charge is 0.439 e. The minimum Gasteiger partial charge on any atom is -0.439 e. The van der Waals surface area contributed by atoms with Crippen LogP contribution in [0.1, 0.15) is 23.7 Å². The van der Waals surface area contributed by atoms with E-state index in [2.05, 4.69) is 27.8 Å². The van der Waals surface area contributed by atoms with Gasteiger partial charge in [0.05, 0.1) is 5.56 Å². The summed E-state index contributed by atoms with van der Waals surface area (Å²) in [7, 11) is 0. The summed E-state index contributed by atoms with van der Waals surface area (Å²) in [5, 5.41) is 0. The van der Waals surface area contributed by atoms with Crippen LogP contribution in [0.2, 0.25) is 0 Å². The molecule has 1 atom stereocenters. The van der Waals surface area contributed by atoms with E-state index in [0.717, 1.165) is 17.4 Å². The normalized spacial score (nSPS) is 18.7. The van der Waals surface area contributed by atoms with Crippen molar-refractivity contribution in [3.63, 3.8) is 0 Å². The second-order valence-electron chi connectivity index (χ2n) is 6.44. The Bertz CT molecular complexity index is 745. The van der Waals surface area contributed by atoms with Crippen molar-refractivity contribution in [2.24, 2.45) is 11.1 Å². The fourth-order valence-corrected chi connectivity index (χ4v) is 3.14. The van der Waals surface area contributed by atoms with E-state index < -0.39 is 0 Å². The Kier molecular flexibility index (Phi) is 8.34. The summed E-state index contributed by atoms with van der Waals surface area (Å²) >= 11 is 3.40. The molecule has 1 amide bonds. The van der Waals surface area contributed by atoms with Crippen LogP contribution >= 0.6 is 40.7 Å². The summed E-state index contributed by atoms with van der Waals surface area (Å²) < 4.78 is 6.62. The molecule has 2 heterocycles. The zero-order valence-electron chi connectivity index (χ0n) is 14.4. The summed E-state index contributed by atoms with van der Waals surface area (Å²) in [5.41, 5.74) is 6.39. The lowest BCUT2D eigenvalue weighted by molar-refractivity contribution is 0.0776. The van der Waals surface area contributed by atoms with Crippen LogP contribution in [0.5, 0.6) is 11.6 Å². The minimum absolute atomic E-state index is 0. The number of hydrogen-bond donors (Lipinski definition) is 1. The van der Waals surface area contributed by atoms with Gasteiger partial charge in [0.25, 0.3) is 5.91 Å². The van der Waals surface area contributed by atoms with Crippen LogP contribution in [0, 0.1) is 5.41 Å². The van der Waals surface area contributed by atoms with Gasteiger partial charge in [0.2, 0.25) is 5.88 Å². The molecule has 1 aliphatic rings. The maximum Gasteiger partial charge on any atom is 0.255 e. The Hall–Kier alpha value is -1.34. The molecule has 3 rings (SSSR count). The van der Waals surface area contributed by atoms with Crippen molar-refractivity contribution in [2.45, 2.75) is 13.3 Å². The molecular formula is C18H22BrCl2N3O2. The van der Waals surface area contributed by atoms with Gasteiger partial charge in [-0.05, 0) is 42.6 Å². The van der Waals surface area contributed by atoms with Gasteiger partial charge in [-0.3, -0.25) is 4.79 Å². The van der Waals surface area contributed by atoms with Gasteiger partial charge in [-0.2, -0.15) is 0 Å². The molecule has 1 unspecified atom stereocenters. The van der Waals surface area contributed by atoms with E-state index in [4.69, 9.17) is 10.5 Å². The lowest BCUT2D eigenvalue weighted by atomic mass is 9.90. The van der Waals surface area contributed by atoms with Gasteiger partial charge in [-0.25, -0.2) is 4.98 Å². The number of pyridine rings is 1. The summed E-state index contributed by atoms with van der Waals surface area (Å²) in [4.78, 5) is 18.7. The number of benzene rings is 1. The Morgan fingerprint density at radius 3 is 2.69 bits per heavy atom.